The first-order valence-electron chi connectivity index (χ1n) is 9.02. The Kier molecular flexibility index (Phi) is 7.26. The molecule has 2 amide bonds. The van der Waals surface area contributed by atoms with E-state index in [0.29, 0.717) is 6.54 Å². The van der Waals surface area contributed by atoms with E-state index in [4.69, 9.17) is 0 Å². The Morgan fingerprint density at radius 1 is 1.26 bits per heavy atom. The number of rotatable bonds is 8. The van der Waals surface area contributed by atoms with Crippen molar-refractivity contribution < 1.29 is 19.5 Å². The van der Waals surface area contributed by atoms with E-state index in [1.165, 1.54) is 11.8 Å². The van der Waals surface area contributed by atoms with E-state index in [2.05, 4.69) is 16.0 Å². The average Bonchev–Trinajstić information content (AvgIpc) is 2.93. The van der Waals surface area contributed by atoms with Gasteiger partial charge in [-0.1, -0.05) is 37.3 Å². The molecule has 148 valence electrons. The molecule has 0 radical (unpaired) electrons. The quantitative estimate of drug-likeness (QED) is 0.528. The van der Waals surface area contributed by atoms with Gasteiger partial charge in [-0.3, -0.25) is 19.7 Å². The Morgan fingerprint density at radius 3 is 2.48 bits per heavy atom. The van der Waals surface area contributed by atoms with Gasteiger partial charge in [0.05, 0.1) is 11.8 Å². The van der Waals surface area contributed by atoms with Crippen LogP contribution in [0.3, 0.4) is 0 Å². The van der Waals surface area contributed by atoms with Crippen LogP contribution < -0.4 is 16.0 Å². The van der Waals surface area contributed by atoms with Crippen LogP contribution in [0.5, 0.6) is 0 Å². The summed E-state index contributed by atoms with van der Waals surface area (Å²) in [6.07, 6.45) is 0.923. The second-order valence-electron chi connectivity index (χ2n) is 7.08. The second kappa shape index (κ2) is 9.23. The molecule has 7 nitrogen and oxygen atoms in total. The number of hydrogen-bond donors (Lipinski definition) is 4. The van der Waals surface area contributed by atoms with Crippen LogP contribution in [0.4, 0.5) is 0 Å². The molecule has 8 heteroatoms. The van der Waals surface area contributed by atoms with E-state index in [1.54, 1.807) is 0 Å². The van der Waals surface area contributed by atoms with Crippen LogP contribution >= 0.6 is 11.8 Å². The first-order valence-corrected chi connectivity index (χ1v) is 9.90. The number of carbonyl (C=O) groups excluding carboxylic acids is 2. The predicted octanol–water partition coefficient (Wildman–Crippen LogP) is 1.13. The summed E-state index contributed by atoms with van der Waals surface area (Å²) >= 11 is 1.35. The molecule has 0 saturated carbocycles. The molecule has 0 bridgehead atoms. The molecule has 0 spiro atoms. The zero-order chi connectivity index (χ0) is 20.0. The predicted molar refractivity (Wildman–Crippen MR) is 105 cm³/mol. The third-order valence-electron chi connectivity index (χ3n) is 4.36. The highest BCUT2D eigenvalue weighted by Crippen LogP contribution is 2.39. The minimum absolute atomic E-state index is 0.154. The molecule has 0 aliphatic carbocycles. The van der Waals surface area contributed by atoms with Gasteiger partial charge in [0.15, 0.2) is 0 Å². The molecule has 1 fully saturated rings. The lowest BCUT2D eigenvalue weighted by atomic mass is 10.0. The van der Waals surface area contributed by atoms with Crippen molar-refractivity contribution in [3.8, 4) is 0 Å². The third-order valence-corrected chi connectivity index (χ3v) is 5.87. The lowest BCUT2D eigenvalue weighted by Gasteiger charge is -2.24. The van der Waals surface area contributed by atoms with Crippen LogP contribution in [-0.4, -0.2) is 51.6 Å². The Bertz CT molecular complexity index is 681. The molecule has 2 rings (SSSR count). The van der Waals surface area contributed by atoms with Crippen LogP contribution in [0.1, 0.15) is 32.8 Å². The van der Waals surface area contributed by atoms with Gasteiger partial charge in [0.1, 0.15) is 12.1 Å². The number of hydrogen-bond acceptors (Lipinski definition) is 5. The summed E-state index contributed by atoms with van der Waals surface area (Å²) in [7, 11) is 0. The zero-order valence-electron chi connectivity index (χ0n) is 15.8. The highest BCUT2D eigenvalue weighted by molar-refractivity contribution is 8.01. The van der Waals surface area contributed by atoms with Crippen LogP contribution in [0.15, 0.2) is 30.3 Å². The molecule has 1 aliphatic rings. The van der Waals surface area contributed by atoms with E-state index in [0.717, 1.165) is 12.0 Å². The number of nitrogens with one attached hydrogen (secondary N) is 3. The molecule has 1 unspecified atom stereocenters. The summed E-state index contributed by atoms with van der Waals surface area (Å²) in [6, 6.07) is 7.59. The Hall–Kier alpha value is -2.06. The molecule has 1 aromatic rings. The maximum Gasteiger partial charge on any atom is 0.322 e. The fraction of sp³-hybridized carbons (Fsp3) is 0.526. The number of aliphatic carboxylic acids is 1. The molecule has 3 atom stereocenters. The maximum atomic E-state index is 12.6. The summed E-state index contributed by atoms with van der Waals surface area (Å²) in [4.78, 5) is 36.7. The molecule has 4 N–H and O–H groups in total. The SMILES string of the molecule is CCCNC(=O)C(NC(=O)Cc1ccccc1)[C@@H]1N[C@@H](C(=O)O)C(C)(C)S1. The van der Waals surface area contributed by atoms with Crippen molar-refractivity contribution in [2.75, 3.05) is 6.54 Å². The number of thioether (sulfide) groups is 1. The maximum absolute atomic E-state index is 12.6. The van der Waals surface area contributed by atoms with E-state index >= 15 is 0 Å². The summed E-state index contributed by atoms with van der Waals surface area (Å²) < 4.78 is -0.607. The minimum Gasteiger partial charge on any atom is -0.480 e. The van der Waals surface area contributed by atoms with Gasteiger partial charge >= 0.3 is 5.97 Å². The lowest BCUT2D eigenvalue weighted by Crippen LogP contribution is -2.57. The number of amides is 2. The molecular formula is C19H27N3O4S. The van der Waals surface area contributed by atoms with Crippen molar-refractivity contribution in [2.45, 2.75) is 55.8 Å². The second-order valence-corrected chi connectivity index (χ2v) is 8.87. The van der Waals surface area contributed by atoms with E-state index < -0.39 is 28.2 Å². The van der Waals surface area contributed by atoms with Gasteiger partial charge in [0.25, 0.3) is 0 Å². The third kappa shape index (κ3) is 5.71. The van der Waals surface area contributed by atoms with Crippen LogP contribution in [0.2, 0.25) is 0 Å². The highest BCUT2D eigenvalue weighted by Gasteiger charge is 2.49. The zero-order valence-corrected chi connectivity index (χ0v) is 16.6. The topological polar surface area (TPSA) is 108 Å². The van der Waals surface area contributed by atoms with Gasteiger partial charge in [0.2, 0.25) is 11.8 Å². The summed E-state index contributed by atoms with van der Waals surface area (Å²) in [5.74, 6) is -1.57. The van der Waals surface area contributed by atoms with Crippen molar-refractivity contribution in [3.05, 3.63) is 35.9 Å². The van der Waals surface area contributed by atoms with Gasteiger partial charge in [0, 0.05) is 11.3 Å². The fourth-order valence-corrected chi connectivity index (χ4v) is 4.46. The summed E-state index contributed by atoms with van der Waals surface area (Å²) in [6.45, 7) is 6.06. The molecule has 1 saturated heterocycles. The molecule has 1 aliphatic heterocycles. The van der Waals surface area contributed by atoms with Gasteiger partial charge in [-0.15, -0.1) is 11.8 Å². The summed E-state index contributed by atoms with van der Waals surface area (Å²) in [5.41, 5.74) is 0.846. The smallest absolute Gasteiger partial charge is 0.322 e. The highest BCUT2D eigenvalue weighted by atomic mass is 32.2. The standard InChI is InChI=1S/C19H27N3O4S/c1-4-10-20-16(24)14(17-22-15(18(25)26)19(2,3)27-17)21-13(23)11-12-8-6-5-7-9-12/h5-9,14-15,17,22H,4,10-11H2,1-3H3,(H,20,24)(H,21,23)(H,25,26)/t14?,15-,17+/m0/s1. The molecule has 27 heavy (non-hydrogen) atoms. The van der Waals surface area contributed by atoms with Crippen molar-refractivity contribution >= 4 is 29.5 Å². The number of carboxylic acids is 1. The van der Waals surface area contributed by atoms with Gasteiger partial charge in [-0.05, 0) is 25.8 Å². The van der Waals surface area contributed by atoms with E-state index in [-0.39, 0.29) is 18.2 Å². The van der Waals surface area contributed by atoms with Gasteiger partial charge in [-0.2, -0.15) is 0 Å². The number of benzene rings is 1. The lowest BCUT2D eigenvalue weighted by molar-refractivity contribution is -0.140. The van der Waals surface area contributed by atoms with Crippen molar-refractivity contribution in [2.24, 2.45) is 0 Å². The molecule has 1 aromatic carbocycles. The Morgan fingerprint density at radius 2 is 1.93 bits per heavy atom. The molecular weight excluding hydrogens is 366 g/mol. The first kappa shape index (κ1) is 21.2. The van der Waals surface area contributed by atoms with Crippen molar-refractivity contribution in [1.29, 1.82) is 0 Å². The Balaban J connectivity index is 2.13. The van der Waals surface area contributed by atoms with E-state index in [1.807, 2.05) is 51.1 Å². The number of carbonyl (C=O) groups is 3. The van der Waals surface area contributed by atoms with Gasteiger partial charge < -0.3 is 15.7 Å². The molecule has 0 aromatic heterocycles. The van der Waals surface area contributed by atoms with Crippen LogP contribution in [-0.2, 0) is 20.8 Å². The number of carboxylic acid groups (broad SMARTS) is 1. The largest absolute Gasteiger partial charge is 0.480 e. The first-order chi connectivity index (χ1) is 12.7. The van der Waals surface area contributed by atoms with Crippen molar-refractivity contribution in [1.82, 2.24) is 16.0 Å². The minimum atomic E-state index is -0.974. The van der Waals surface area contributed by atoms with Gasteiger partial charge in [-0.25, -0.2) is 0 Å². The van der Waals surface area contributed by atoms with Crippen LogP contribution in [0, 0.1) is 0 Å². The summed E-state index contributed by atoms with van der Waals surface area (Å²) in [5, 5.41) is 17.5. The monoisotopic (exact) mass is 393 g/mol. The Labute approximate surface area is 163 Å². The van der Waals surface area contributed by atoms with Crippen molar-refractivity contribution in [3.63, 3.8) is 0 Å². The molecule has 1 heterocycles. The van der Waals surface area contributed by atoms with Crippen LogP contribution in [0.25, 0.3) is 0 Å². The normalized spacial score (nSPS) is 22.0. The average molecular weight is 394 g/mol. The van der Waals surface area contributed by atoms with E-state index in [9.17, 15) is 19.5 Å². The fourth-order valence-electron chi connectivity index (χ4n) is 2.97.